The molecule has 12 heavy (non-hydrogen) atoms. The maximum atomic E-state index is 5.19. The molecule has 1 saturated carbocycles. The lowest BCUT2D eigenvalue weighted by atomic mass is 10.2. The lowest BCUT2D eigenvalue weighted by Crippen LogP contribution is -1.93. The molecule has 0 spiro atoms. The Kier molecular flexibility index (Phi) is 2.05. The first kappa shape index (κ1) is 8.05. The Bertz CT molecular complexity index is 297. The van der Waals surface area contributed by atoms with Crippen molar-refractivity contribution in [3.63, 3.8) is 0 Å². The molecule has 0 aliphatic heterocycles. The van der Waals surface area contributed by atoms with E-state index in [9.17, 15) is 0 Å². The summed E-state index contributed by atoms with van der Waals surface area (Å²) in [5.74, 6) is 1.47. The van der Waals surface area contributed by atoms with Crippen LogP contribution in [0.2, 0.25) is 0 Å². The number of halogens is 1. The quantitative estimate of drug-likeness (QED) is 0.726. The van der Waals surface area contributed by atoms with Crippen molar-refractivity contribution in [1.29, 1.82) is 0 Å². The van der Waals surface area contributed by atoms with Crippen LogP contribution in [0.4, 0.5) is 0 Å². The smallest absolute Gasteiger partial charge is 0.217 e. The zero-order chi connectivity index (χ0) is 8.55. The van der Waals surface area contributed by atoms with E-state index in [1.54, 1.807) is 7.11 Å². The molecule has 1 aromatic heterocycles. The van der Waals surface area contributed by atoms with Crippen LogP contribution in [-0.4, -0.2) is 12.1 Å². The highest BCUT2D eigenvalue weighted by molar-refractivity contribution is 9.10. The van der Waals surface area contributed by atoms with Crippen LogP contribution >= 0.6 is 15.9 Å². The molecular weight excluding hydrogens is 218 g/mol. The highest BCUT2D eigenvalue weighted by Crippen LogP contribution is 2.43. The Labute approximate surface area is 80.1 Å². The molecule has 0 amide bonds. The lowest BCUT2D eigenvalue weighted by Gasteiger charge is -2.05. The summed E-state index contributed by atoms with van der Waals surface area (Å²) in [6.07, 6.45) is 2.55. The summed E-state index contributed by atoms with van der Waals surface area (Å²) in [4.78, 5) is 4.25. The molecule has 0 N–H and O–H groups in total. The number of pyridine rings is 1. The van der Waals surface area contributed by atoms with E-state index < -0.39 is 0 Å². The second-order valence-electron chi connectivity index (χ2n) is 3.01. The van der Waals surface area contributed by atoms with Gasteiger partial charge in [-0.25, -0.2) is 4.98 Å². The summed E-state index contributed by atoms with van der Waals surface area (Å²) in [6, 6.07) is 4.06. The van der Waals surface area contributed by atoms with Gasteiger partial charge in [-0.05, 0) is 40.8 Å². The van der Waals surface area contributed by atoms with Crippen molar-refractivity contribution in [3.8, 4) is 5.88 Å². The second-order valence-corrected chi connectivity index (χ2v) is 3.82. The van der Waals surface area contributed by atoms with Crippen LogP contribution in [0.5, 0.6) is 5.88 Å². The topological polar surface area (TPSA) is 22.1 Å². The number of methoxy groups -OCH3 is 1. The van der Waals surface area contributed by atoms with Crippen molar-refractivity contribution in [1.82, 2.24) is 4.98 Å². The molecule has 1 aromatic rings. The number of ether oxygens (including phenoxy) is 1. The molecule has 1 fully saturated rings. The van der Waals surface area contributed by atoms with Crippen molar-refractivity contribution in [2.24, 2.45) is 0 Å². The molecule has 3 heteroatoms. The van der Waals surface area contributed by atoms with Gasteiger partial charge in [0.05, 0.1) is 7.11 Å². The highest BCUT2D eigenvalue weighted by Gasteiger charge is 2.27. The number of rotatable bonds is 2. The van der Waals surface area contributed by atoms with Crippen molar-refractivity contribution < 1.29 is 4.74 Å². The monoisotopic (exact) mass is 227 g/mol. The van der Waals surface area contributed by atoms with E-state index in [2.05, 4.69) is 27.0 Å². The molecule has 2 nitrogen and oxygen atoms in total. The summed E-state index contributed by atoms with van der Waals surface area (Å²) in [5.41, 5.74) is 1.25. The van der Waals surface area contributed by atoms with Gasteiger partial charge in [-0.3, -0.25) is 0 Å². The van der Waals surface area contributed by atoms with Crippen LogP contribution in [0, 0.1) is 0 Å². The summed E-state index contributed by atoms with van der Waals surface area (Å²) in [6.45, 7) is 0. The van der Waals surface area contributed by atoms with Crippen LogP contribution in [0.1, 0.15) is 24.3 Å². The van der Waals surface area contributed by atoms with E-state index in [-0.39, 0.29) is 0 Å². The summed E-state index contributed by atoms with van der Waals surface area (Å²) < 4.78 is 6.02. The molecule has 1 heterocycles. The number of aromatic nitrogens is 1. The molecular formula is C9H10BrNO. The van der Waals surface area contributed by atoms with Crippen LogP contribution in [0.15, 0.2) is 16.7 Å². The second kappa shape index (κ2) is 3.05. The fraction of sp³-hybridized carbons (Fsp3) is 0.444. The van der Waals surface area contributed by atoms with Gasteiger partial charge < -0.3 is 4.74 Å². The Morgan fingerprint density at radius 1 is 1.50 bits per heavy atom. The van der Waals surface area contributed by atoms with Crippen molar-refractivity contribution in [2.75, 3.05) is 7.11 Å². The van der Waals surface area contributed by atoms with Gasteiger partial charge in [0.2, 0.25) is 5.88 Å². The largest absolute Gasteiger partial charge is 0.481 e. The Morgan fingerprint density at radius 2 is 2.25 bits per heavy atom. The minimum absolute atomic E-state index is 0.695. The number of nitrogens with zero attached hydrogens (tertiary/aromatic N) is 1. The van der Waals surface area contributed by atoms with E-state index >= 15 is 0 Å². The van der Waals surface area contributed by atoms with E-state index in [4.69, 9.17) is 4.74 Å². The maximum absolute atomic E-state index is 5.19. The van der Waals surface area contributed by atoms with Gasteiger partial charge in [-0.2, -0.15) is 0 Å². The zero-order valence-electron chi connectivity index (χ0n) is 6.88. The molecule has 0 saturated heterocycles. The predicted molar refractivity (Wildman–Crippen MR) is 50.5 cm³/mol. The summed E-state index contributed by atoms with van der Waals surface area (Å²) in [5, 5.41) is 0. The zero-order valence-corrected chi connectivity index (χ0v) is 8.47. The molecule has 0 unspecified atom stereocenters. The van der Waals surface area contributed by atoms with Crippen molar-refractivity contribution in [3.05, 3.63) is 22.3 Å². The van der Waals surface area contributed by atoms with Crippen LogP contribution in [0.3, 0.4) is 0 Å². The fourth-order valence-corrected chi connectivity index (χ4v) is 1.59. The average Bonchev–Trinajstić information content (AvgIpc) is 2.87. The third kappa shape index (κ3) is 1.46. The van der Waals surface area contributed by atoms with E-state index in [1.807, 2.05) is 6.07 Å². The SMILES string of the molecule is COc1nc(Br)ccc1C1CC1. The van der Waals surface area contributed by atoms with Crippen molar-refractivity contribution >= 4 is 15.9 Å². The minimum atomic E-state index is 0.695. The van der Waals surface area contributed by atoms with Gasteiger partial charge in [0.25, 0.3) is 0 Å². The Morgan fingerprint density at radius 3 is 2.83 bits per heavy atom. The molecule has 64 valence electrons. The first-order valence-electron chi connectivity index (χ1n) is 4.01. The molecule has 1 aliphatic carbocycles. The van der Waals surface area contributed by atoms with Gasteiger partial charge in [0.1, 0.15) is 4.60 Å². The first-order valence-corrected chi connectivity index (χ1v) is 4.81. The molecule has 2 rings (SSSR count). The average molecular weight is 228 g/mol. The molecule has 0 bridgehead atoms. The normalized spacial score (nSPS) is 16.2. The van der Waals surface area contributed by atoms with Gasteiger partial charge in [-0.1, -0.05) is 6.07 Å². The standard InChI is InChI=1S/C9H10BrNO/c1-12-9-7(6-2-3-6)4-5-8(10)11-9/h4-6H,2-3H2,1H3. The Hall–Kier alpha value is -0.570. The molecule has 0 atom stereocenters. The van der Waals surface area contributed by atoms with E-state index in [1.165, 1.54) is 18.4 Å². The highest BCUT2D eigenvalue weighted by atomic mass is 79.9. The first-order chi connectivity index (χ1) is 5.81. The Balaban J connectivity index is 2.38. The van der Waals surface area contributed by atoms with Gasteiger partial charge in [-0.15, -0.1) is 0 Å². The van der Waals surface area contributed by atoms with E-state index in [0.717, 1.165) is 10.5 Å². The predicted octanol–water partition coefficient (Wildman–Crippen LogP) is 2.73. The third-order valence-electron chi connectivity index (χ3n) is 2.07. The molecule has 1 aliphatic rings. The van der Waals surface area contributed by atoms with Crippen LogP contribution < -0.4 is 4.74 Å². The summed E-state index contributed by atoms with van der Waals surface area (Å²) >= 11 is 3.32. The van der Waals surface area contributed by atoms with Crippen LogP contribution in [0.25, 0.3) is 0 Å². The van der Waals surface area contributed by atoms with Crippen molar-refractivity contribution in [2.45, 2.75) is 18.8 Å². The lowest BCUT2D eigenvalue weighted by molar-refractivity contribution is 0.391. The third-order valence-corrected chi connectivity index (χ3v) is 2.51. The van der Waals surface area contributed by atoms with Gasteiger partial charge >= 0.3 is 0 Å². The van der Waals surface area contributed by atoms with Gasteiger partial charge in [0.15, 0.2) is 0 Å². The minimum Gasteiger partial charge on any atom is -0.481 e. The maximum Gasteiger partial charge on any atom is 0.217 e. The number of hydrogen-bond acceptors (Lipinski definition) is 2. The molecule has 0 radical (unpaired) electrons. The summed E-state index contributed by atoms with van der Waals surface area (Å²) in [7, 11) is 1.67. The van der Waals surface area contributed by atoms with Gasteiger partial charge in [0, 0.05) is 5.56 Å². The van der Waals surface area contributed by atoms with E-state index in [0.29, 0.717) is 5.92 Å². The fourth-order valence-electron chi connectivity index (χ4n) is 1.30. The molecule has 0 aromatic carbocycles. The number of hydrogen-bond donors (Lipinski definition) is 0. The van der Waals surface area contributed by atoms with Crippen LogP contribution in [-0.2, 0) is 0 Å².